The lowest BCUT2D eigenvalue weighted by molar-refractivity contribution is -0.145. The molecular weight excluding hydrogens is 441 g/mol. The molecule has 0 radical (unpaired) electrons. The fourth-order valence-corrected chi connectivity index (χ4v) is 5.01. The number of hydrogen-bond acceptors (Lipinski definition) is 5. The molecule has 1 heterocycles. The van der Waals surface area contributed by atoms with E-state index in [0.29, 0.717) is 29.3 Å². The van der Waals surface area contributed by atoms with Gasteiger partial charge in [-0.1, -0.05) is 25.3 Å². The number of nitrogens with one attached hydrogen (secondary N) is 2. The molecule has 158 valence electrons. The molecule has 1 aliphatic carbocycles. The Bertz CT molecular complexity index is 1040. The van der Waals surface area contributed by atoms with E-state index in [9.17, 15) is 18.3 Å². The highest BCUT2D eigenvalue weighted by Crippen LogP contribution is 2.32. The van der Waals surface area contributed by atoms with Gasteiger partial charge in [-0.05, 0) is 25.0 Å². The minimum Gasteiger partial charge on any atom is -0.480 e. The SMILES string of the molecule is Cl.N=C(N)N(Cl)c1cncc2cc(S(=O)(=O)NC3(C(=O)O)CCCCC3)ccc12. The zero-order valence-corrected chi connectivity index (χ0v) is 17.6. The summed E-state index contributed by atoms with van der Waals surface area (Å²) in [5.74, 6) is -1.57. The van der Waals surface area contributed by atoms with E-state index in [2.05, 4.69) is 9.71 Å². The highest BCUT2D eigenvalue weighted by atomic mass is 35.5. The summed E-state index contributed by atoms with van der Waals surface area (Å²) in [5, 5.41) is 18.1. The topological polar surface area (TPSA) is 149 Å². The minimum atomic E-state index is -4.08. The molecule has 9 nitrogen and oxygen atoms in total. The molecule has 0 atom stereocenters. The van der Waals surface area contributed by atoms with Gasteiger partial charge >= 0.3 is 5.97 Å². The molecule has 0 bridgehead atoms. The van der Waals surface area contributed by atoms with Crippen molar-refractivity contribution in [3.8, 4) is 0 Å². The Kier molecular flexibility index (Phi) is 6.94. The standard InChI is InChI=1S/C17H20ClN5O4S.ClH/c18-23(16(19)20)14-10-21-9-11-8-12(4-5-13(11)14)28(26,27)22-17(15(24)25)6-2-1-3-7-17;/h4-5,8-10,22H,1-3,6-7H2,(H3,19,20)(H,24,25);1H. The number of sulfonamides is 1. The van der Waals surface area contributed by atoms with Gasteiger partial charge in [0.2, 0.25) is 16.0 Å². The lowest BCUT2D eigenvalue weighted by Crippen LogP contribution is -2.55. The smallest absolute Gasteiger partial charge is 0.324 e. The highest BCUT2D eigenvalue weighted by molar-refractivity contribution is 7.89. The number of carboxylic acids is 1. The molecular formula is C17H21Cl2N5O4S. The molecule has 0 amide bonds. The van der Waals surface area contributed by atoms with Gasteiger partial charge in [0.1, 0.15) is 5.54 Å². The number of carboxylic acid groups (broad SMARTS) is 1. The van der Waals surface area contributed by atoms with Crippen molar-refractivity contribution in [3.05, 3.63) is 30.6 Å². The lowest BCUT2D eigenvalue weighted by atomic mass is 9.83. The summed E-state index contributed by atoms with van der Waals surface area (Å²) in [5.41, 5.74) is 4.23. The van der Waals surface area contributed by atoms with Crippen LogP contribution in [0.3, 0.4) is 0 Å². The van der Waals surface area contributed by atoms with Crippen molar-refractivity contribution in [1.29, 1.82) is 5.41 Å². The number of aliphatic carboxylic acids is 1. The number of anilines is 1. The number of benzene rings is 1. The average molecular weight is 462 g/mol. The number of halogens is 2. The molecule has 3 rings (SSSR count). The molecule has 0 unspecified atom stereocenters. The van der Waals surface area contributed by atoms with Crippen LogP contribution in [-0.2, 0) is 14.8 Å². The molecule has 5 N–H and O–H groups in total. The third kappa shape index (κ3) is 4.55. The first-order valence-electron chi connectivity index (χ1n) is 8.61. The Morgan fingerprint density at radius 2 is 1.93 bits per heavy atom. The predicted octanol–water partition coefficient (Wildman–Crippen LogP) is 2.58. The minimum absolute atomic E-state index is 0. The maximum atomic E-state index is 12.9. The Hall–Kier alpha value is -2.14. The van der Waals surface area contributed by atoms with Crippen molar-refractivity contribution in [1.82, 2.24) is 9.71 Å². The van der Waals surface area contributed by atoms with Crippen molar-refractivity contribution in [2.45, 2.75) is 42.5 Å². The molecule has 1 saturated carbocycles. The number of pyridine rings is 1. The van der Waals surface area contributed by atoms with Crippen LogP contribution >= 0.6 is 24.2 Å². The highest BCUT2D eigenvalue weighted by Gasteiger charge is 2.43. The molecule has 2 aromatic rings. The van der Waals surface area contributed by atoms with Crippen LogP contribution in [0.4, 0.5) is 5.69 Å². The van der Waals surface area contributed by atoms with Gasteiger partial charge in [0.25, 0.3) is 0 Å². The summed E-state index contributed by atoms with van der Waals surface area (Å²) in [6.07, 6.45) is 5.54. The first-order valence-corrected chi connectivity index (χ1v) is 10.4. The molecule has 1 aliphatic rings. The molecule has 1 fully saturated rings. The van der Waals surface area contributed by atoms with Gasteiger partial charge in [-0.2, -0.15) is 4.72 Å². The number of nitrogens with zero attached hydrogens (tertiary/aromatic N) is 2. The fraction of sp³-hybridized carbons (Fsp3) is 0.353. The third-order valence-electron chi connectivity index (χ3n) is 4.89. The summed E-state index contributed by atoms with van der Waals surface area (Å²) in [6.45, 7) is 0. The normalized spacial score (nSPS) is 16.0. The van der Waals surface area contributed by atoms with Crippen LogP contribution in [0.25, 0.3) is 10.8 Å². The lowest BCUT2D eigenvalue weighted by Gasteiger charge is -2.33. The van der Waals surface area contributed by atoms with Crippen LogP contribution in [0.2, 0.25) is 0 Å². The van der Waals surface area contributed by atoms with E-state index in [4.69, 9.17) is 22.9 Å². The number of carbonyl (C=O) groups is 1. The third-order valence-corrected chi connectivity index (χ3v) is 6.79. The van der Waals surface area contributed by atoms with E-state index in [1.165, 1.54) is 30.6 Å². The van der Waals surface area contributed by atoms with Gasteiger partial charge in [-0.25, -0.2) is 12.8 Å². The summed E-state index contributed by atoms with van der Waals surface area (Å²) in [7, 11) is -4.08. The van der Waals surface area contributed by atoms with E-state index >= 15 is 0 Å². The van der Waals surface area contributed by atoms with E-state index < -0.39 is 27.5 Å². The van der Waals surface area contributed by atoms with Crippen molar-refractivity contribution in [2.75, 3.05) is 4.42 Å². The van der Waals surface area contributed by atoms with Crippen LogP contribution in [-0.4, -0.2) is 36.0 Å². The molecule has 0 aliphatic heterocycles. The second kappa shape index (κ2) is 8.70. The number of hydrogen-bond donors (Lipinski definition) is 4. The van der Waals surface area contributed by atoms with Crippen molar-refractivity contribution < 1.29 is 18.3 Å². The number of aromatic nitrogens is 1. The van der Waals surface area contributed by atoms with E-state index in [1.807, 2.05) is 0 Å². The maximum absolute atomic E-state index is 12.9. The van der Waals surface area contributed by atoms with Gasteiger partial charge in [0.15, 0.2) is 0 Å². The van der Waals surface area contributed by atoms with Gasteiger partial charge < -0.3 is 10.8 Å². The van der Waals surface area contributed by atoms with Crippen LogP contribution < -0.4 is 14.9 Å². The number of nitrogens with two attached hydrogens (primary N) is 1. The first-order chi connectivity index (χ1) is 13.2. The van der Waals surface area contributed by atoms with Crippen LogP contribution in [0.1, 0.15) is 32.1 Å². The number of rotatable bonds is 5. The fourth-order valence-electron chi connectivity index (χ4n) is 3.42. The number of fused-ring (bicyclic) bond motifs is 1. The molecule has 29 heavy (non-hydrogen) atoms. The second-order valence-corrected chi connectivity index (χ2v) is 8.78. The zero-order valence-electron chi connectivity index (χ0n) is 15.3. The Labute approximate surface area is 179 Å². The molecule has 1 aromatic heterocycles. The summed E-state index contributed by atoms with van der Waals surface area (Å²) >= 11 is 5.98. The summed E-state index contributed by atoms with van der Waals surface area (Å²) in [4.78, 5) is 15.7. The van der Waals surface area contributed by atoms with Crippen LogP contribution in [0, 0.1) is 5.41 Å². The Morgan fingerprint density at radius 1 is 1.28 bits per heavy atom. The van der Waals surface area contributed by atoms with Crippen molar-refractivity contribution in [3.63, 3.8) is 0 Å². The van der Waals surface area contributed by atoms with Crippen LogP contribution in [0.15, 0.2) is 35.5 Å². The molecule has 0 spiro atoms. The van der Waals surface area contributed by atoms with E-state index in [-0.39, 0.29) is 30.1 Å². The predicted molar refractivity (Wildman–Crippen MR) is 113 cm³/mol. The average Bonchev–Trinajstić information content (AvgIpc) is 2.66. The van der Waals surface area contributed by atoms with Gasteiger partial charge in [0, 0.05) is 28.7 Å². The largest absolute Gasteiger partial charge is 0.480 e. The second-order valence-electron chi connectivity index (χ2n) is 6.76. The number of guanidine groups is 1. The van der Waals surface area contributed by atoms with E-state index in [0.717, 1.165) is 10.8 Å². The van der Waals surface area contributed by atoms with Gasteiger partial charge in [-0.3, -0.25) is 15.2 Å². The van der Waals surface area contributed by atoms with E-state index in [1.54, 1.807) is 0 Å². The zero-order chi connectivity index (χ0) is 20.5. The molecule has 12 heteroatoms. The first kappa shape index (κ1) is 23.1. The van der Waals surface area contributed by atoms with Crippen molar-refractivity contribution in [2.24, 2.45) is 5.73 Å². The molecule has 0 saturated heterocycles. The Balaban J connectivity index is 0.00000300. The van der Waals surface area contributed by atoms with Gasteiger partial charge in [-0.15, -0.1) is 12.4 Å². The maximum Gasteiger partial charge on any atom is 0.324 e. The molecule has 1 aromatic carbocycles. The van der Waals surface area contributed by atoms with Crippen LogP contribution in [0.5, 0.6) is 0 Å². The summed E-state index contributed by atoms with van der Waals surface area (Å²) in [6, 6.07) is 4.27. The Morgan fingerprint density at radius 3 is 2.52 bits per heavy atom. The van der Waals surface area contributed by atoms with Crippen molar-refractivity contribution >= 4 is 62.6 Å². The van der Waals surface area contributed by atoms with Gasteiger partial charge in [0.05, 0.1) is 16.8 Å². The quantitative estimate of drug-likeness (QED) is 0.303. The summed E-state index contributed by atoms with van der Waals surface area (Å²) < 4.78 is 29.1. The monoisotopic (exact) mass is 461 g/mol.